The molecule has 0 unspecified atom stereocenters. The molecule has 0 amide bonds. The Labute approximate surface area is 88.3 Å². The largest absolute Gasteiger partial charge is 0.234 e. The number of rotatable bonds is 1. The van der Waals surface area contributed by atoms with E-state index in [1.807, 2.05) is 0 Å². The third kappa shape index (κ3) is 2.36. The Morgan fingerprint density at radius 2 is 0.923 bits per heavy atom. The molecule has 2 rings (SSSR count). The molecule has 0 saturated heterocycles. The quantitative estimate of drug-likeness (QED) is 0.715. The molecule has 0 aliphatic heterocycles. The van der Waals surface area contributed by atoms with Crippen LogP contribution in [0.25, 0.3) is 11.6 Å². The summed E-state index contributed by atoms with van der Waals surface area (Å²) in [5.41, 5.74) is 0. The van der Waals surface area contributed by atoms with Crippen molar-refractivity contribution >= 4 is 0 Å². The van der Waals surface area contributed by atoms with Crippen LogP contribution in [-0.2, 0) is 19.5 Å². The maximum atomic E-state index is 4.01. The zero-order valence-electron chi connectivity index (χ0n) is 6.61. The number of aromatic nitrogens is 4. The van der Waals surface area contributed by atoms with Crippen molar-refractivity contribution in [2.45, 2.75) is 0 Å². The summed E-state index contributed by atoms with van der Waals surface area (Å²) in [4.78, 5) is 16.1. The molecule has 2 aromatic rings. The predicted molar refractivity (Wildman–Crippen MR) is 43.1 cm³/mol. The van der Waals surface area contributed by atoms with Gasteiger partial charge in [0.05, 0.1) is 0 Å². The second-order valence-corrected chi connectivity index (χ2v) is 2.14. The van der Waals surface area contributed by atoms with Crippen LogP contribution < -0.4 is 0 Å². The third-order valence-electron chi connectivity index (χ3n) is 1.33. The molecular formula is C8H6N4Ru. The second kappa shape index (κ2) is 4.72. The average molecular weight is 259 g/mol. The smallest absolute Gasteiger partial charge is 0.197 e. The van der Waals surface area contributed by atoms with Crippen LogP contribution in [0, 0.1) is 0 Å². The van der Waals surface area contributed by atoms with E-state index in [1.54, 1.807) is 36.9 Å². The van der Waals surface area contributed by atoms with E-state index in [2.05, 4.69) is 19.9 Å². The van der Waals surface area contributed by atoms with Gasteiger partial charge >= 0.3 is 0 Å². The van der Waals surface area contributed by atoms with Gasteiger partial charge in [-0.3, -0.25) is 0 Å². The van der Waals surface area contributed by atoms with Crippen molar-refractivity contribution in [1.82, 2.24) is 19.9 Å². The van der Waals surface area contributed by atoms with Gasteiger partial charge in [0.2, 0.25) is 0 Å². The molecule has 0 aromatic carbocycles. The van der Waals surface area contributed by atoms with Gasteiger partial charge in [0, 0.05) is 44.3 Å². The van der Waals surface area contributed by atoms with Gasteiger partial charge in [-0.05, 0) is 12.1 Å². The molecule has 13 heavy (non-hydrogen) atoms. The van der Waals surface area contributed by atoms with Crippen molar-refractivity contribution in [3.8, 4) is 11.6 Å². The van der Waals surface area contributed by atoms with Crippen molar-refractivity contribution < 1.29 is 19.5 Å². The Kier molecular flexibility index (Phi) is 3.58. The Bertz CT molecular complexity index is 314. The monoisotopic (exact) mass is 260 g/mol. The van der Waals surface area contributed by atoms with Gasteiger partial charge in [-0.1, -0.05) is 0 Å². The van der Waals surface area contributed by atoms with Crippen LogP contribution >= 0.6 is 0 Å². The topological polar surface area (TPSA) is 51.6 Å². The first-order valence-corrected chi connectivity index (χ1v) is 3.51. The average Bonchev–Trinajstić information content (AvgIpc) is 2.21. The SMILES string of the molecule is [Ru].c1cnc(-c2ncccn2)nc1. The zero-order chi connectivity index (χ0) is 8.23. The minimum atomic E-state index is 0. The Morgan fingerprint density at radius 1 is 0.615 bits per heavy atom. The van der Waals surface area contributed by atoms with Crippen molar-refractivity contribution in [2.75, 3.05) is 0 Å². The van der Waals surface area contributed by atoms with Crippen LogP contribution in [0.2, 0.25) is 0 Å². The number of nitrogens with zero attached hydrogens (tertiary/aromatic N) is 4. The predicted octanol–water partition coefficient (Wildman–Crippen LogP) is 0.931. The molecule has 0 fully saturated rings. The summed E-state index contributed by atoms with van der Waals surface area (Å²) >= 11 is 0. The van der Waals surface area contributed by atoms with E-state index >= 15 is 0 Å². The summed E-state index contributed by atoms with van der Waals surface area (Å²) in [7, 11) is 0. The van der Waals surface area contributed by atoms with Crippen LogP contribution in [0.3, 0.4) is 0 Å². The number of hydrogen-bond acceptors (Lipinski definition) is 4. The molecule has 2 heterocycles. The molecule has 0 aliphatic carbocycles. The molecule has 0 atom stereocenters. The van der Waals surface area contributed by atoms with Crippen LogP contribution in [0.15, 0.2) is 36.9 Å². The third-order valence-corrected chi connectivity index (χ3v) is 1.33. The minimum Gasteiger partial charge on any atom is -0.234 e. The summed E-state index contributed by atoms with van der Waals surface area (Å²) in [5, 5.41) is 0. The molecule has 0 N–H and O–H groups in total. The molecule has 0 saturated carbocycles. The van der Waals surface area contributed by atoms with E-state index in [4.69, 9.17) is 0 Å². The van der Waals surface area contributed by atoms with Gasteiger partial charge in [0.25, 0.3) is 0 Å². The molecular weight excluding hydrogens is 253 g/mol. The fourth-order valence-corrected chi connectivity index (χ4v) is 0.829. The standard InChI is InChI=1S/C8H6N4.Ru/c1-3-9-7(10-4-1)8-11-5-2-6-12-8;/h1-6H;. The Balaban J connectivity index is 0.000000845. The van der Waals surface area contributed by atoms with Crippen LogP contribution in [0.1, 0.15) is 0 Å². The second-order valence-electron chi connectivity index (χ2n) is 2.14. The summed E-state index contributed by atoms with van der Waals surface area (Å²) in [5.74, 6) is 1.11. The van der Waals surface area contributed by atoms with E-state index in [0.717, 1.165) is 0 Å². The van der Waals surface area contributed by atoms with Gasteiger partial charge in [-0.15, -0.1) is 0 Å². The summed E-state index contributed by atoms with van der Waals surface area (Å²) in [6.07, 6.45) is 6.66. The fraction of sp³-hybridized carbons (Fsp3) is 0. The van der Waals surface area contributed by atoms with Gasteiger partial charge in [0.15, 0.2) is 11.6 Å². The van der Waals surface area contributed by atoms with Crippen LogP contribution in [0.4, 0.5) is 0 Å². The Morgan fingerprint density at radius 3 is 1.23 bits per heavy atom. The van der Waals surface area contributed by atoms with Gasteiger partial charge in [-0.2, -0.15) is 0 Å². The normalized spacial score (nSPS) is 8.92. The van der Waals surface area contributed by atoms with E-state index in [1.165, 1.54) is 0 Å². The molecule has 0 radical (unpaired) electrons. The summed E-state index contributed by atoms with van der Waals surface area (Å²) < 4.78 is 0. The maximum absolute atomic E-state index is 4.01. The van der Waals surface area contributed by atoms with Gasteiger partial charge < -0.3 is 0 Å². The van der Waals surface area contributed by atoms with E-state index in [-0.39, 0.29) is 19.5 Å². The minimum absolute atomic E-state index is 0. The van der Waals surface area contributed by atoms with Crippen molar-refractivity contribution in [3.63, 3.8) is 0 Å². The molecule has 4 nitrogen and oxygen atoms in total. The molecule has 0 spiro atoms. The first kappa shape index (κ1) is 9.87. The van der Waals surface area contributed by atoms with Crippen molar-refractivity contribution in [3.05, 3.63) is 36.9 Å². The van der Waals surface area contributed by atoms with Crippen LogP contribution in [0.5, 0.6) is 0 Å². The summed E-state index contributed by atoms with van der Waals surface area (Å²) in [6.45, 7) is 0. The van der Waals surface area contributed by atoms with Crippen LogP contribution in [-0.4, -0.2) is 19.9 Å². The Hall–Kier alpha value is -1.22. The van der Waals surface area contributed by atoms with Crippen molar-refractivity contribution in [2.24, 2.45) is 0 Å². The van der Waals surface area contributed by atoms with Crippen molar-refractivity contribution in [1.29, 1.82) is 0 Å². The summed E-state index contributed by atoms with van der Waals surface area (Å²) in [6, 6.07) is 3.51. The molecule has 2 aromatic heterocycles. The number of hydrogen-bond donors (Lipinski definition) is 0. The first-order valence-electron chi connectivity index (χ1n) is 3.51. The first-order chi connectivity index (χ1) is 5.97. The molecule has 66 valence electrons. The molecule has 5 heteroatoms. The zero-order valence-corrected chi connectivity index (χ0v) is 8.34. The van der Waals surface area contributed by atoms with E-state index in [9.17, 15) is 0 Å². The molecule has 0 aliphatic rings. The maximum Gasteiger partial charge on any atom is 0.197 e. The van der Waals surface area contributed by atoms with Gasteiger partial charge in [0.1, 0.15) is 0 Å². The van der Waals surface area contributed by atoms with E-state index < -0.39 is 0 Å². The van der Waals surface area contributed by atoms with E-state index in [0.29, 0.717) is 11.6 Å². The molecule has 0 bridgehead atoms. The fourth-order valence-electron chi connectivity index (χ4n) is 0.829. The van der Waals surface area contributed by atoms with Gasteiger partial charge in [-0.25, -0.2) is 19.9 Å².